The van der Waals surface area contributed by atoms with Crippen LogP contribution in [0.2, 0.25) is 0 Å². The molecule has 0 saturated carbocycles. The molecule has 2 unspecified atom stereocenters. The number of hydrogen-bond donors (Lipinski definition) is 1. The van der Waals surface area contributed by atoms with Crippen LogP contribution in [0.25, 0.3) is 5.57 Å². The fourth-order valence-corrected chi connectivity index (χ4v) is 4.58. The van der Waals surface area contributed by atoms with Crippen LogP contribution in [0.3, 0.4) is 0 Å². The fraction of sp³-hybridized carbons (Fsp3) is 0.267. The molecule has 0 aliphatic heterocycles. The van der Waals surface area contributed by atoms with E-state index in [1.807, 2.05) is 26.1 Å². The maximum absolute atomic E-state index is 13.0. The van der Waals surface area contributed by atoms with Gasteiger partial charge in [0.05, 0.1) is 0 Å². The molecule has 0 amide bonds. The fourth-order valence-electron chi connectivity index (χ4n) is 4.58. The van der Waals surface area contributed by atoms with Gasteiger partial charge in [0.15, 0.2) is 11.6 Å². The van der Waals surface area contributed by atoms with Crippen molar-refractivity contribution >= 4 is 22.8 Å². The molecule has 168 valence electrons. The zero-order chi connectivity index (χ0) is 23.5. The van der Waals surface area contributed by atoms with E-state index in [0.717, 1.165) is 23.2 Å². The van der Waals surface area contributed by atoms with Gasteiger partial charge in [-0.05, 0) is 60.2 Å². The second kappa shape index (κ2) is 9.58. The van der Waals surface area contributed by atoms with E-state index in [9.17, 15) is 9.59 Å². The Balaban J connectivity index is 1.41. The second-order valence-electron chi connectivity index (χ2n) is 9.10. The average Bonchev–Trinajstić information content (AvgIpc) is 2.85. The average molecular weight is 438 g/mol. The zero-order valence-electron chi connectivity index (χ0n) is 19.7. The molecular weight excluding hydrogens is 406 g/mol. The van der Waals surface area contributed by atoms with Crippen LogP contribution in [0.1, 0.15) is 75.6 Å². The number of hydrogen-bond acceptors (Lipinski definition) is 3. The molecule has 0 heterocycles. The van der Waals surface area contributed by atoms with Crippen molar-refractivity contribution < 1.29 is 9.59 Å². The first-order valence-corrected chi connectivity index (χ1v) is 11.6. The Morgan fingerprint density at radius 1 is 0.970 bits per heavy atom. The lowest BCUT2D eigenvalue weighted by Crippen LogP contribution is -2.27. The number of anilines is 1. The van der Waals surface area contributed by atoms with E-state index in [1.54, 1.807) is 6.07 Å². The maximum Gasteiger partial charge on any atom is 0.167 e. The highest BCUT2D eigenvalue weighted by Gasteiger charge is 2.32. The molecule has 1 aliphatic rings. The van der Waals surface area contributed by atoms with Crippen LogP contribution in [0.15, 0.2) is 73.3 Å². The van der Waals surface area contributed by atoms with E-state index in [1.165, 1.54) is 16.7 Å². The number of Topliss-reactive ketones (excluding diaryl/α,β-unsaturated/α-hetero) is 2. The highest BCUT2D eigenvalue weighted by atomic mass is 16.1. The van der Waals surface area contributed by atoms with Gasteiger partial charge >= 0.3 is 0 Å². The molecule has 0 spiro atoms. The Hall–Kier alpha value is -3.46. The SMILES string of the molecule is C=C(C)c1ccc2c(c1)C(=O)CC(CCc1ccc(C(C)c3ccc(NC)cc3)cc1)C2=O. The van der Waals surface area contributed by atoms with Crippen LogP contribution < -0.4 is 5.32 Å². The Labute approximate surface area is 196 Å². The number of benzene rings is 3. The zero-order valence-corrected chi connectivity index (χ0v) is 19.7. The van der Waals surface area contributed by atoms with Gasteiger partial charge in [-0.2, -0.15) is 0 Å². The predicted octanol–water partition coefficient (Wildman–Crippen LogP) is 6.93. The number of ketones is 2. The molecule has 1 aliphatic carbocycles. The summed E-state index contributed by atoms with van der Waals surface area (Å²) < 4.78 is 0. The number of allylic oxidation sites excluding steroid dienone is 1. The Morgan fingerprint density at radius 2 is 1.61 bits per heavy atom. The van der Waals surface area contributed by atoms with E-state index in [0.29, 0.717) is 29.9 Å². The summed E-state index contributed by atoms with van der Waals surface area (Å²) in [5.74, 6) is 0.215. The summed E-state index contributed by atoms with van der Waals surface area (Å²) in [5, 5.41) is 3.15. The first-order valence-electron chi connectivity index (χ1n) is 11.6. The van der Waals surface area contributed by atoms with Crippen molar-refractivity contribution in [3.8, 4) is 0 Å². The number of aryl methyl sites for hydroxylation is 1. The van der Waals surface area contributed by atoms with Crippen LogP contribution in [0.5, 0.6) is 0 Å². The smallest absolute Gasteiger partial charge is 0.167 e. The third kappa shape index (κ3) is 4.83. The lowest BCUT2D eigenvalue weighted by molar-refractivity contribution is 0.0817. The van der Waals surface area contributed by atoms with Crippen molar-refractivity contribution in [3.05, 3.63) is 107 Å². The summed E-state index contributed by atoms with van der Waals surface area (Å²) in [4.78, 5) is 25.8. The summed E-state index contributed by atoms with van der Waals surface area (Å²) >= 11 is 0. The molecular formula is C30H31NO2. The lowest BCUT2D eigenvalue weighted by atomic mass is 9.78. The number of carbonyl (C=O) groups is 2. The summed E-state index contributed by atoms with van der Waals surface area (Å²) in [5.41, 5.74) is 7.78. The molecule has 3 heteroatoms. The molecule has 0 bridgehead atoms. The summed E-state index contributed by atoms with van der Waals surface area (Å²) in [6.07, 6.45) is 1.77. The molecule has 0 aromatic heterocycles. The first kappa shape index (κ1) is 22.7. The van der Waals surface area contributed by atoms with Crippen molar-refractivity contribution in [1.82, 2.24) is 0 Å². The molecule has 3 nitrogen and oxygen atoms in total. The molecule has 2 atom stereocenters. The second-order valence-corrected chi connectivity index (χ2v) is 9.10. The third-order valence-electron chi connectivity index (χ3n) is 6.84. The largest absolute Gasteiger partial charge is 0.388 e. The van der Waals surface area contributed by atoms with Gasteiger partial charge < -0.3 is 5.32 Å². The van der Waals surface area contributed by atoms with Crippen molar-refractivity contribution in [2.24, 2.45) is 5.92 Å². The Morgan fingerprint density at radius 3 is 2.21 bits per heavy atom. The minimum Gasteiger partial charge on any atom is -0.388 e. The number of carbonyl (C=O) groups excluding carboxylic acids is 2. The molecule has 3 aromatic carbocycles. The van der Waals surface area contributed by atoms with Crippen LogP contribution in [-0.2, 0) is 6.42 Å². The van der Waals surface area contributed by atoms with Crippen molar-refractivity contribution in [2.75, 3.05) is 12.4 Å². The van der Waals surface area contributed by atoms with Crippen LogP contribution in [0, 0.1) is 5.92 Å². The topological polar surface area (TPSA) is 46.2 Å². The minimum atomic E-state index is -0.245. The molecule has 0 saturated heterocycles. The van der Waals surface area contributed by atoms with Gasteiger partial charge in [-0.25, -0.2) is 0 Å². The van der Waals surface area contributed by atoms with E-state index in [-0.39, 0.29) is 17.5 Å². The standard InChI is InChI=1S/C30H31NO2/c1-19(2)24-13-16-27-28(17-24)29(32)18-25(30(27)33)10-7-21-5-8-22(9-6-21)20(3)23-11-14-26(31-4)15-12-23/h5-6,8-9,11-17,20,25,31H,1,7,10,18H2,2-4H3. The normalized spacial score (nSPS) is 16.3. The Kier molecular flexibility index (Phi) is 6.60. The Bertz CT molecular complexity index is 1190. The molecule has 0 fully saturated rings. The minimum absolute atomic E-state index is 0.0613. The van der Waals surface area contributed by atoms with Gasteiger partial charge in [-0.3, -0.25) is 9.59 Å². The van der Waals surface area contributed by atoms with Crippen LogP contribution in [-0.4, -0.2) is 18.6 Å². The van der Waals surface area contributed by atoms with Gasteiger partial charge in [-0.15, -0.1) is 0 Å². The van der Waals surface area contributed by atoms with Crippen molar-refractivity contribution in [1.29, 1.82) is 0 Å². The van der Waals surface area contributed by atoms with Gasteiger partial charge in [0, 0.05) is 42.1 Å². The van der Waals surface area contributed by atoms with Gasteiger partial charge in [0.1, 0.15) is 0 Å². The molecule has 3 aromatic rings. The monoisotopic (exact) mass is 437 g/mol. The quantitative estimate of drug-likeness (QED) is 0.436. The van der Waals surface area contributed by atoms with Crippen molar-refractivity contribution in [3.63, 3.8) is 0 Å². The van der Waals surface area contributed by atoms with Crippen LogP contribution in [0.4, 0.5) is 5.69 Å². The number of rotatable bonds is 7. The third-order valence-corrected chi connectivity index (χ3v) is 6.84. The lowest BCUT2D eigenvalue weighted by Gasteiger charge is -2.23. The predicted molar refractivity (Wildman–Crippen MR) is 136 cm³/mol. The van der Waals surface area contributed by atoms with Gasteiger partial charge in [-0.1, -0.05) is 67.6 Å². The number of nitrogens with one attached hydrogen (secondary N) is 1. The summed E-state index contributed by atoms with van der Waals surface area (Å²) in [6.45, 7) is 8.06. The molecule has 1 N–H and O–H groups in total. The summed E-state index contributed by atoms with van der Waals surface area (Å²) in [6, 6.07) is 22.7. The molecule has 0 radical (unpaired) electrons. The first-order chi connectivity index (χ1) is 15.9. The highest BCUT2D eigenvalue weighted by Crippen LogP contribution is 2.31. The molecule has 4 rings (SSSR count). The van der Waals surface area contributed by atoms with Crippen molar-refractivity contribution in [2.45, 2.75) is 39.0 Å². The van der Waals surface area contributed by atoms with E-state index in [4.69, 9.17) is 0 Å². The van der Waals surface area contributed by atoms with Gasteiger partial charge in [0.2, 0.25) is 0 Å². The number of fused-ring (bicyclic) bond motifs is 1. The van der Waals surface area contributed by atoms with E-state index >= 15 is 0 Å². The van der Waals surface area contributed by atoms with Gasteiger partial charge in [0.25, 0.3) is 0 Å². The molecule has 33 heavy (non-hydrogen) atoms. The van der Waals surface area contributed by atoms with E-state index < -0.39 is 0 Å². The summed E-state index contributed by atoms with van der Waals surface area (Å²) in [7, 11) is 1.92. The van der Waals surface area contributed by atoms with Crippen LogP contribution >= 0.6 is 0 Å². The van der Waals surface area contributed by atoms with E-state index in [2.05, 4.69) is 67.4 Å². The maximum atomic E-state index is 13.0. The highest BCUT2D eigenvalue weighted by molar-refractivity contribution is 6.15.